The van der Waals surface area contributed by atoms with Crippen LogP contribution in [-0.2, 0) is 9.53 Å². The van der Waals surface area contributed by atoms with Gasteiger partial charge in [-0.3, -0.25) is 4.79 Å². The summed E-state index contributed by atoms with van der Waals surface area (Å²) in [5.41, 5.74) is 0.0115. The number of hydrogen-bond acceptors (Lipinski definition) is 5. The van der Waals surface area contributed by atoms with Crippen molar-refractivity contribution >= 4 is 40.8 Å². The summed E-state index contributed by atoms with van der Waals surface area (Å²) in [6, 6.07) is 6.86. The van der Waals surface area contributed by atoms with Crippen molar-refractivity contribution in [2.45, 2.75) is 19.6 Å². The van der Waals surface area contributed by atoms with E-state index in [9.17, 15) is 18.4 Å². The van der Waals surface area contributed by atoms with Gasteiger partial charge in [0.2, 0.25) is 0 Å². The monoisotopic (exact) mass is 404 g/mol. The van der Waals surface area contributed by atoms with Crippen LogP contribution in [0.3, 0.4) is 0 Å². The van der Waals surface area contributed by atoms with Crippen molar-refractivity contribution in [2.75, 3.05) is 5.32 Å². The van der Waals surface area contributed by atoms with E-state index < -0.39 is 24.6 Å². The molecular formula is C16H12Cl2F2N2O4. The molecule has 0 aliphatic heterocycles. The highest BCUT2D eigenvalue weighted by atomic mass is 35.5. The summed E-state index contributed by atoms with van der Waals surface area (Å²) >= 11 is 11.4. The Morgan fingerprint density at radius 3 is 2.58 bits per heavy atom. The Morgan fingerprint density at radius 2 is 1.92 bits per heavy atom. The first kappa shape index (κ1) is 19.9. The summed E-state index contributed by atoms with van der Waals surface area (Å²) in [6.45, 7) is -1.74. The number of rotatable bonds is 6. The van der Waals surface area contributed by atoms with Crippen LogP contribution in [0.15, 0.2) is 36.5 Å². The van der Waals surface area contributed by atoms with Crippen LogP contribution >= 0.6 is 23.2 Å². The van der Waals surface area contributed by atoms with E-state index in [4.69, 9.17) is 27.9 Å². The van der Waals surface area contributed by atoms with Crippen LogP contribution in [0, 0.1) is 0 Å². The third-order valence-corrected chi connectivity index (χ3v) is 3.73. The van der Waals surface area contributed by atoms with Gasteiger partial charge in [0.05, 0.1) is 16.3 Å². The van der Waals surface area contributed by atoms with E-state index in [-0.39, 0.29) is 27.2 Å². The van der Waals surface area contributed by atoms with Gasteiger partial charge >= 0.3 is 12.6 Å². The smallest absolute Gasteiger partial charge is 0.387 e. The van der Waals surface area contributed by atoms with E-state index in [1.54, 1.807) is 0 Å². The highest BCUT2D eigenvalue weighted by Crippen LogP contribution is 2.26. The third-order valence-electron chi connectivity index (χ3n) is 3.05. The molecule has 26 heavy (non-hydrogen) atoms. The van der Waals surface area contributed by atoms with Crippen LogP contribution in [0.4, 0.5) is 14.5 Å². The molecule has 2 rings (SSSR count). The summed E-state index contributed by atoms with van der Waals surface area (Å²) < 4.78 is 34.1. The molecule has 0 spiro atoms. The summed E-state index contributed by atoms with van der Waals surface area (Å²) in [7, 11) is 0. The average molecular weight is 405 g/mol. The third kappa shape index (κ3) is 5.27. The number of pyridine rings is 1. The molecule has 0 aliphatic carbocycles. The van der Waals surface area contributed by atoms with Gasteiger partial charge in [-0.25, -0.2) is 9.78 Å². The van der Waals surface area contributed by atoms with Gasteiger partial charge < -0.3 is 14.8 Å². The van der Waals surface area contributed by atoms with Crippen molar-refractivity contribution in [3.8, 4) is 5.75 Å². The van der Waals surface area contributed by atoms with Gasteiger partial charge in [0.15, 0.2) is 6.10 Å². The molecule has 0 aliphatic rings. The molecule has 1 amide bonds. The van der Waals surface area contributed by atoms with Gasteiger partial charge in [0, 0.05) is 6.20 Å². The van der Waals surface area contributed by atoms with Crippen molar-refractivity contribution in [1.82, 2.24) is 4.98 Å². The first-order chi connectivity index (χ1) is 12.3. The van der Waals surface area contributed by atoms with Crippen LogP contribution in [0.5, 0.6) is 5.75 Å². The number of aromatic nitrogens is 1. The fourth-order valence-electron chi connectivity index (χ4n) is 1.82. The second kappa shape index (κ2) is 8.77. The first-order valence-electron chi connectivity index (χ1n) is 7.14. The van der Waals surface area contributed by atoms with Crippen LogP contribution < -0.4 is 10.1 Å². The summed E-state index contributed by atoms with van der Waals surface area (Å²) in [5.74, 6) is -1.81. The molecule has 0 saturated heterocycles. The molecule has 1 unspecified atom stereocenters. The van der Waals surface area contributed by atoms with Crippen molar-refractivity contribution in [1.29, 1.82) is 0 Å². The van der Waals surface area contributed by atoms with Gasteiger partial charge in [0.25, 0.3) is 5.91 Å². The van der Waals surface area contributed by atoms with Crippen molar-refractivity contribution in [2.24, 2.45) is 0 Å². The fraction of sp³-hybridized carbons (Fsp3) is 0.188. The number of alkyl halides is 2. The number of nitrogens with one attached hydrogen (secondary N) is 1. The minimum Gasteiger partial charge on any atom is -0.449 e. The van der Waals surface area contributed by atoms with Crippen LogP contribution in [0.1, 0.15) is 17.3 Å². The van der Waals surface area contributed by atoms with E-state index in [1.807, 2.05) is 0 Å². The number of hydrogen-bond donors (Lipinski definition) is 1. The molecule has 138 valence electrons. The molecule has 0 bridgehead atoms. The number of para-hydroxylation sites is 2. The Kier molecular flexibility index (Phi) is 6.70. The number of esters is 1. The Balaban J connectivity index is 2.03. The number of ether oxygens (including phenoxy) is 2. The van der Waals surface area contributed by atoms with E-state index in [1.165, 1.54) is 37.3 Å². The van der Waals surface area contributed by atoms with Crippen LogP contribution in [-0.4, -0.2) is 29.6 Å². The molecule has 0 radical (unpaired) electrons. The number of halogens is 4. The number of benzene rings is 1. The second-order valence-corrected chi connectivity index (χ2v) is 5.67. The summed E-state index contributed by atoms with van der Waals surface area (Å²) in [4.78, 5) is 27.9. The normalized spacial score (nSPS) is 11.8. The van der Waals surface area contributed by atoms with Crippen LogP contribution in [0.25, 0.3) is 0 Å². The second-order valence-electron chi connectivity index (χ2n) is 4.91. The van der Waals surface area contributed by atoms with Crippen LogP contribution in [0.2, 0.25) is 10.2 Å². The molecule has 1 aromatic carbocycles. The average Bonchev–Trinajstić information content (AvgIpc) is 2.58. The molecule has 1 heterocycles. The molecule has 0 saturated carbocycles. The van der Waals surface area contributed by atoms with Crippen molar-refractivity contribution in [3.05, 3.63) is 52.3 Å². The highest BCUT2D eigenvalue weighted by molar-refractivity contribution is 6.41. The standard InChI is InChI=1S/C16H12Cl2F2N2O4/c1-8(25-15(24)9-6-10(17)13(18)21-7-9)14(23)22-11-4-2-3-5-12(11)26-16(19)20/h2-8,16H,1H3,(H,22,23). The Bertz CT molecular complexity index is 821. The number of carbonyl (C=O) groups excluding carboxylic acids is 2. The molecule has 1 aromatic heterocycles. The molecule has 1 N–H and O–H groups in total. The van der Waals surface area contributed by atoms with E-state index >= 15 is 0 Å². The van der Waals surface area contributed by atoms with Gasteiger partial charge in [0.1, 0.15) is 10.9 Å². The lowest BCUT2D eigenvalue weighted by Gasteiger charge is -2.15. The SMILES string of the molecule is CC(OC(=O)c1cnc(Cl)c(Cl)c1)C(=O)Nc1ccccc1OC(F)F. The molecular weight excluding hydrogens is 393 g/mol. The molecule has 6 nitrogen and oxygen atoms in total. The van der Waals surface area contributed by atoms with E-state index in [2.05, 4.69) is 15.0 Å². The molecule has 2 aromatic rings. The molecule has 10 heteroatoms. The van der Waals surface area contributed by atoms with Gasteiger partial charge in [-0.1, -0.05) is 35.3 Å². The quantitative estimate of drug-likeness (QED) is 0.577. The number of amides is 1. The number of nitrogens with zero attached hydrogens (tertiary/aromatic N) is 1. The largest absolute Gasteiger partial charge is 0.449 e. The van der Waals surface area contributed by atoms with Gasteiger partial charge in [-0.05, 0) is 25.1 Å². The zero-order valence-electron chi connectivity index (χ0n) is 13.2. The maximum Gasteiger partial charge on any atom is 0.387 e. The van der Waals surface area contributed by atoms with Crippen molar-refractivity contribution < 1.29 is 27.8 Å². The van der Waals surface area contributed by atoms with E-state index in [0.717, 1.165) is 6.20 Å². The summed E-state index contributed by atoms with van der Waals surface area (Å²) in [5, 5.41) is 2.43. The lowest BCUT2D eigenvalue weighted by atomic mass is 10.2. The zero-order chi connectivity index (χ0) is 19.3. The lowest BCUT2D eigenvalue weighted by Crippen LogP contribution is -2.30. The predicted octanol–water partition coefficient (Wildman–Crippen LogP) is 4.17. The maximum atomic E-state index is 12.4. The Hall–Kier alpha value is -2.45. The summed E-state index contributed by atoms with van der Waals surface area (Å²) in [6.07, 6.45) is -0.0796. The fourth-order valence-corrected chi connectivity index (χ4v) is 2.09. The number of anilines is 1. The van der Waals surface area contributed by atoms with Gasteiger partial charge in [-0.2, -0.15) is 8.78 Å². The zero-order valence-corrected chi connectivity index (χ0v) is 14.7. The topological polar surface area (TPSA) is 77.5 Å². The number of carbonyl (C=O) groups is 2. The molecule has 1 atom stereocenters. The Labute approximate surface area is 157 Å². The Morgan fingerprint density at radius 1 is 1.23 bits per heavy atom. The highest BCUT2D eigenvalue weighted by Gasteiger charge is 2.21. The predicted molar refractivity (Wildman–Crippen MR) is 90.8 cm³/mol. The maximum absolute atomic E-state index is 12.4. The van der Waals surface area contributed by atoms with Gasteiger partial charge in [-0.15, -0.1) is 0 Å². The lowest BCUT2D eigenvalue weighted by molar-refractivity contribution is -0.123. The minimum atomic E-state index is -3.05. The van der Waals surface area contributed by atoms with E-state index in [0.29, 0.717) is 0 Å². The first-order valence-corrected chi connectivity index (χ1v) is 7.90. The van der Waals surface area contributed by atoms with Crippen molar-refractivity contribution in [3.63, 3.8) is 0 Å². The minimum absolute atomic E-state index is 0.000448. The molecule has 0 fully saturated rings.